The molecule has 2 rings (SSSR count). The van der Waals surface area contributed by atoms with Crippen LogP contribution >= 0.6 is 0 Å². The van der Waals surface area contributed by atoms with Crippen LogP contribution in [0.5, 0.6) is 0 Å². The molecule has 1 heterocycles. The van der Waals surface area contributed by atoms with Crippen molar-refractivity contribution >= 4 is 23.8 Å². The fraction of sp³-hybridized carbons (Fsp3) is 0.429. The maximum absolute atomic E-state index is 10.0. The highest BCUT2D eigenvalue weighted by Gasteiger charge is 2.35. The van der Waals surface area contributed by atoms with Gasteiger partial charge < -0.3 is 14.7 Å². The molecule has 95 valence electrons. The third-order valence-corrected chi connectivity index (χ3v) is 3.58. The first-order valence-electron chi connectivity index (χ1n) is 6.11. The molecule has 0 fully saturated rings. The van der Waals surface area contributed by atoms with Crippen LogP contribution in [0, 0.1) is 0 Å². The summed E-state index contributed by atoms with van der Waals surface area (Å²) >= 11 is 0. The molecule has 1 aromatic carbocycles. The van der Waals surface area contributed by atoms with Gasteiger partial charge in [0.2, 0.25) is 0 Å². The van der Waals surface area contributed by atoms with Gasteiger partial charge in [-0.05, 0) is 50.8 Å². The molecule has 0 amide bonds. The van der Waals surface area contributed by atoms with Crippen LogP contribution in [-0.4, -0.2) is 28.8 Å². The molecule has 0 saturated heterocycles. The first kappa shape index (κ1) is 13.2. The van der Waals surface area contributed by atoms with Crippen LogP contribution < -0.4 is 5.46 Å². The van der Waals surface area contributed by atoms with E-state index in [1.165, 1.54) is 0 Å². The largest absolute Gasteiger partial charge is 0.427 e. The number of aromatic nitrogens is 1. The maximum atomic E-state index is 10.0. The minimum Gasteiger partial charge on any atom is -0.427 e. The zero-order valence-corrected chi connectivity index (χ0v) is 11.3. The van der Waals surface area contributed by atoms with Gasteiger partial charge in [0.1, 0.15) is 0 Å². The van der Waals surface area contributed by atoms with Gasteiger partial charge in [0.25, 0.3) is 0 Å². The highest BCUT2D eigenvalue weighted by atomic mass is 16.5. The third kappa shape index (κ3) is 2.45. The fourth-order valence-corrected chi connectivity index (χ4v) is 1.55. The van der Waals surface area contributed by atoms with Crippen LogP contribution in [0.2, 0.25) is 0 Å². The predicted octanol–water partition coefficient (Wildman–Crippen LogP) is 1.98. The second kappa shape index (κ2) is 4.45. The number of aromatic amines is 1. The van der Waals surface area contributed by atoms with Crippen molar-refractivity contribution in [1.29, 1.82) is 0 Å². The van der Waals surface area contributed by atoms with E-state index in [0.717, 1.165) is 16.4 Å². The highest BCUT2D eigenvalue weighted by Crippen LogP contribution is 2.24. The Morgan fingerprint density at radius 2 is 1.83 bits per heavy atom. The van der Waals surface area contributed by atoms with Gasteiger partial charge in [-0.2, -0.15) is 0 Å². The summed E-state index contributed by atoms with van der Waals surface area (Å²) in [6.45, 7) is 7.24. The van der Waals surface area contributed by atoms with Crippen LogP contribution in [0.25, 0.3) is 10.9 Å². The molecule has 0 spiro atoms. The topological polar surface area (TPSA) is 45.2 Å². The molecule has 2 aromatic rings. The average molecular weight is 244 g/mol. The smallest absolute Gasteiger partial charge is 0.333 e. The van der Waals surface area contributed by atoms with Crippen molar-refractivity contribution in [3.05, 3.63) is 30.5 Å². The van der Waals surface area contributed by atoms with E-state index in [4.69, 9.17) is 4.65 Å². The molecular formula is C14H19BNO2. The molecule has 0 aliphatic heterocycles. The molecule has 2 N–H and O–H groups in total. The molecule has 0 aliphatic carbocycles. The number of hydrogen-bond acceptors (Lipinski definition) is 2. The normalized spacial score (nSPS) is 12.9. The molecule has 0 aliphatic rings. The van der Waals surface area contributed by atoms with Crippen LogP contribution in [0.3, 0.4) is 0 Å². The highest BCUT2D eigenvalue weighted by molar-refractivity contribution is 6.51. The van der Waals surface area contributed by atoms with Crippen LogP contribution in [0.1, 0.15) is 27.7 Å². The van der Waals surface area contributed by atoms with Crippen molar-refractivity contribution < 1.29 is 9.76 Å². The molecule has 4 heteroatoms. The number of fused-ring (bicyclic) bond motifs is 1. The van der Waals surface area contributed by atoms with Gasteiger partial charge >= 0.3 is 7.48 Å². The lowest BCUT2D eigenvalue weighted by atomic mass is 9.82. The monoisotopic (exact) mass is 244 g/mol. The zero-order valence-electron chi connectivity index (χ0n) is 11.3. The lowest BCUT2D eigenvalue weighted by Gasteiger charge is -2.37. The number of hydrogen-bond donors (Lipinski definition) is 2. The van der Waals surface area contributed by atoms with E-state index in [9.17, 15) is 5.11 Å². The van der Waals surface area contributed by atoms with E-state index in [-0.39, 0.29) is 0 Å². The van der Waals surface area contributed by atoms with E-state index < -0.39 is 11.2 Å². The van der Waals surface area contributed by atoms with Crippen LogP contribution in [0.4, 0.5) is 0 Å². The van der Waals surface area contributed by atoms with Crippen molar-refractivity contribution in [2.75, 3.05) is 0 Å². The summed E-state index contributed by atoms with van der Waals surface area (Å²) in [5, 5.41) is 11.1. The summed E-state index contributed by atoms with van der Waals surface area (Å²) < 4.78 is 5.75. The summed E-state index contributed by atoms with van der Waals surface area (Å²) in [5.41, 5.74) is 0.511. The van der Waals surface area contributed by atoms with Crippen molar-refractivity contribution in [2.45, 2.75) is 38.9 Å². The Bertz CT molecular complexity index is 540. The molecule has 1 aromatic heterocycles. The number of rotatable bonds is 4. The Balaban J connectivity index is 2.16. The van der Waals surface area contributed by atoms with Gasteiger partial charge in [-0.25, -0.2) is 0 Å². The fourth-order valence-electron chi connectivity index (χ4n) is 1.55. The quantitative estimate of drug-likeness (QED) is 0.808. The first-order valence-corrected chi connectivity index (χ1v) is 6.11. The van der Waals surface area contributed by atoms with Crippen LogP contribution in [0.15, 0.2) is 30.5 Å². The molecule has 0 saturated carbocycles. The van der Waals surface area contributed by atoms with Crippen molar-refractivity contribution in [1.82, 2.24) is 4.98 Å². The van der Waals surface area contributed by atoms with Gasteiger partial charge in [0, 0.05) is 5.52 Å². The lowest BCUT2D eigenvalue weighted by Crippen LogP contribution is -2.49. The Kier molecular flexibility index (Phi) is 3.26. The Labute approximate surface area is 108 Å². The second-order valence-corrected chi connectivity index (χ2v) is 5.59. The van der Waals surface area contributed by atoms with E-state index in [1.807, 2.05) is 44.3 Å². The number of nitrogens with one attached hydrogen (secondary N) is 1. The summed E-state index contributed by atoms with van der Waals surface area (Å²) in [7, 11) is 1.71. The summed E-state index contributed by atoms with van der Waals surface area (Å²) in [5.74, 6) is 0. The van der Waals surface area contributed by atoms with Crippen LogP contribution in [-0.2, 0) is 4.65 Å². The third-order valence-electron chi connectivity index (χ3n) is 3.58. The second-order valence-electron chi connectivity index (χ2n) is 5.59. The van der Waals surface area contributed by atoms with Gasteiger partial charge in [0.15, 0.2) is 0 Å². The SMILES string of the molecule is CC(C)(O)C(C)(C)O[B]c1c[nH]c2ccccc12. The summed E-state index contributed by atoms with van der Waals surface area (Å²) in [4.78, 5) is 3.19. The van der Waals surface area contributed by atoms with Crippen molar-refractivity contribution in [3.63, 3.8) is 0 Å². The van der Waals surface area contributed by atoms with Gasteiger partial charge in [-0.3, -0.25) is 0 Å². The number of aliphatic hydroxyl groups is 1. The number of H-pyrrole nitrogens is 1. The van der Waals surface area contributed by atoms with E-state index in [1.54, 1.807) is 21.3 Å². The molecule has 0 atom stereocenters. The number of para-hydroxylation sites is 1. The van der Waals surface area contributed by atoms with E-state index >= 15 is 0 Å². The summed E-state index contributed by atoms with van der Waals surface area (Å²) in [6, 6.07) is 8.05. The Morgan fingerprint density at radius 1 is 1.17 bits per heavy atom. The van der Waals surface area contributed by atoms with Crippen molar-refractivity contribution in [2.24, 2.45) is 0 Å². The van der Waals surface area contributed by atoms with Gasteiger partial charge in [-0.15, -0.1) is 0 Å². The standard InChI is InChI=1S/C14H19BNO2/c1-13(2,17)14(3,4)18-15-11-9-16-12-8-6-5-7-10(11)12/h5-9,16-17H,1-4H3. The van der Waals surface area contributed by atoms with E-state index in [2.05, 4.69) is 4.98 Å². The number of benzene rings is 1. The first-order chi connectivity index (χ1) is 8.31. The minimum absolute atomic E-state index is 0.647. The van der Waals surface area contributed by atoms with E-state index in [0.29, 0.717) is 0 Å². The predicted molar refractivity (Wildman–Crippen MR) is 75.1 cm³/mol. The zero-order chi connectivity index (χ0) is 13.4. The molecule has 0 unspecified atom stereocenters. The van der Waals surface area contributed by atoms with Gasteiger partial charge in [0.05, 0.1) is 11.2 Å². The lowest BCUT2D eigenvalue weighted by molar-refractivity contribution is -0.0893. The molecule has 1 radical (unpaired) electrons. The molecule has 18 heavy (non-hydrogen) atoms. The molecule has 3 nitrogen and oxygen atoms in total. The Hall–Kier alpha value is -1.26. The minimum atomic E-state index is -0.907. The van der Waals surface area contributed by atoms with Crippen molar-refractivity contribution in [3.8, 4) is 0 Å². The maximum Gasteiger partial charge on any atom is 0.333 e. The average Bonchev–Trinajstić information content (AvgIpc) is 2.68. The summed E-state index contributed by atoms with van der Waals surface area (Å²) in [6.07, 6.45) is 1.91. The van der Waals surface area contributed by atoms with Gasteiger partial charge in [-0.1, -0.05) is 18.2 Å². The molecular weight excluding hydrogens is 225 g/mol. The molecule has 0 bridgehead atoms. The Morgan fingerprint density at radius 3 is 2.50 bits per heavy atom.